The highest BCUT2D eigenvalue weighted by Crippen LogP contribution is 2.37. The van der Waals surface area contributed by atoms with E-state index in [2.05, 4.69) is 27.9 Å². The SMILES string of the molecule is O=C(NC1CC1)c1cccc(F)c1Sc1ccc2c(I)nn(C3CCCCO3)c2c1. The molecule has 2 aliphatic rings. The summed E-state index contributed by atoms with van der Waals surface area (Å²) < 4.78 is 23.5. The van der Waals surface area contributed by atoms with Crippen LogP contribution in [-0.2, 0) is 4.74 Å². The number of ether oxygens (including phenoxy) is 1. The summed E-state index contributed by atoms with van der Waals surface area (Å²) in [6, 6.07) is 10.9. The Kier molecular flexibility index (Phi) is 5.72. The Balaban J connectivity index is 1.49. The summed E-state index contributed by atoms with van der Waals surface area (Å²) in [4.78, 5) is 13.8. The van der Waals surface area contributed by atoms with E-state index < -0.39 is 0 Å². The minimum atomic E-state index is -0.387. The highest BCUT2D eigenvalue weighted by atomic mass is 127. The molecule has 5 nitrogen and oxygen atoms in total. The zero-order valence-corrected chi connectivity index (χ0v) is 19.2. The fourth-order valence-electron chi connectivity index (χ4n) is 3.68. The lowest BCUT2D eigenvalue weighted by Gasteiger charge is -2.23. The van der Waals surface area contributed by atoms with Gasteiger partial charge in [-0.2, -0.15) is 5.10 Å². The number of aromatic nitrogens is 2. The largest absolute Gasteiger partial charge is 0.356 e. The van der Waals surface area contributed by atoms with Gasteiger partial charge < -0.3 is 10.1 Å². The number of nitrogens with one attached hydrogen (secondary N) is 1. The minimum absolute atomic E-state index is 0.0710. The van der Waals surface area contributed by atoms with E-state index in [0.29, 0.717) is 10.5 Å². The number of nitrogens with zero attached hydrogens (tertiary/aromatic N) is 2. The third kappa shape index (κ3) is 4.09. The second kappa shape index (κ2) is 8.47. The van der Waals surface area contributed by atoms with Crippen molar-refractivity contribution in [1.29, 1.82) is 0 Å². The summed E-state index contributed by atoms with van der Waals surface area (Å²) >= 11 is 3.52. The van der Waals surface area contributed by atoms with Gasteiger partial charge in [-0.05, 0) is 85.0 Å². The first kappa shape index (κ1) is 20.3. The first-order valence-corrected chi connectivity index (χ1v) is 12.1. The van der Waals surface area contributed by atoms with Crippen molar-refractivity contribution >= 4 is 51.2 Å². The van der Waals surface area contributed by atoms with Crippen LogP contribution in [-0.4, -0.2) is 28.3 Å². The van der Waals surface area contributed by atoms with Gasteiger partial charge in [0, 0.05) is 22.9 Å². The van der Waals surface area contributed by atoms with Crippen LogP contribution in [0.2, 0.25) is 0 Å². The van der Waals surface area contributed by atoms with Gasteiger partial charge in [0.1, 0.15) is 9.52 Å². The molecule has 1 atom stereocenters. The predicted octanol–water partition coefficient (Wildman–Crippen LogP) is 5.52. The molecular weight excluding hydrogens is 516 g/mol. The van der Waals surface area contributed by atoms with E-state index >= 15 is 0 Å². The van der Waals surface area contributed by atoms with Crippen molar-refractivity contribution in [3.63, 3.8) is 0 Å². The lowest BCUT2D eigenvalue weighted by atomic mass is 10.2. The molecule has 156 valence electrons. The first-order chi connectivity index (χ1) is 14.6. The van der Waals surface area contributed by atoms with Crippen LogP contribution in [0.1, 0.15) is 48.7 Å². The molecule has 1 saturated heterocycles. The van der Waals surface area contributed by atoms with Gasteiger partial charge in [0.2, 0.25) is 0 Å². The molecule has 2 heterocycles. The number of rotatable bonds is 5. The molecule has 3 aromatic rings. The third-order valence-electron chi connectivity index (χ3n) is 5.41. The summed E-state index contributed by atoms with van der Waals surface area (Å²) in [6.45, 7) is 0.742. The molecule has 1 unspecified atom stereocenters. The maximum Gasteiger partial charge on any atom is 0.252 e. The lowest BCUT2D eigenvalue weighted by molar-refractivity contribution is -0.0368. The van der Waals surface area contributed by atoms with E-state index in [1.807, 2.05) is 22.9 Å². The summed E-state index contributed by atoms with van der Waals surface area (Å²) in [5.41, 5.74) is 1.35. The molecule has 2 aromatic carbocycles. The van der Waals surface area contributed by atoms with E-state index in [4.69, 9.17) is 9.84 Å². The Bertz CT molecular complexity index is 1110. The number of hydrogen-bond donors (Lipinski definition) is 1. The van der Waals surface area contributed by atoms with E-state index in [-0.39, 0.29) is 24.0 Å². The van der Waals surface area contributed by atoms with Crippen LogP contribution >= 0.6 is 34.4 Å². The van der Waals surface area contributed by atoms with Crippen LogP contribution in [0, 0.1) is 9.52 Å². The second-order valence-electron chi connectivity index (χ2n) is 7.70. The molecule has 1 aromatic heterocycles. The lowest BCUT2D eigenvalue weighted by Crippen LogP contribution is -2.26. The molecule has 1 aliphatic heterocycles. The molecule has 30 heavy (non-hydrogen) atoms. The fourth-order valence-corrected chi connectivity index (χ4v) is 5.34. The predicted molar refractivity (Wildman–Crippen MR) is 122 cm³/mol. The molecular formula is C22H21FIN3O2S. The highest BCUT2D eigenvalue weighted by molar-refractivity contribution is 14.1. The Morgan fingerprint density at radius 3 is 2.87 bits per heavy atom. The van der Waals surface area contributed by atoms with Gasteiger partial charge in [0.05, 0.1) is 16.0 Å². The van der Waals surface area contributed by atoms with E-state index in [0.717, 1.165) is 58.2 Å². The summed E-state index contributed by atoms with van der Waals surface area (Å²) in [5.74, 6) is -0.599. The fraction of sp³-hybridized carbons (Fsp3) is 0.364. The number of hydrogen-bond acceptors (Lipinski definition) is 4. The second-order valence-corrected chi connectivity index (χ2v) is 9.81. The van der Waals surface area contributed by atoms with Crippen LogP contribution in [0.3, 0.4) is 0 Å². The van der Waals surface area contributed by atoms with Crippen LogP contribution in [0.15, 0.2) is 46.2 Å². The number of carbonyl (C=O) groups excluding carboxylic acids is 1. The quantitative estimate of drug-likeness (QED) is 0.436. The van der Waals surface area contributed by atoms with Crippen molar-refractivity contribution < 1.29 is 13.9 Å². The number of benzene rings is 2. The zero-order chi connectivity index (χ0) is 20.7. The van der Waals surface area contributed by atoms with Crippen LogP contribution in [0.5, 0.6) is 0 Å². The molecule has 1 amide bonds. The summed E-state index contributed by atoms with van der Waals surface area (Å²) in [6.07, 6.45) is 5.04. The molecule has 1 saturated carbocycles. The Morgan fingerprint density at radius 1 is 1.23 bits per heavy atom. The molecule has 8 heteroatoms. The topological polar surface area (TPSA) is 56.2 Å². The standard InChI is InChI=1S/C22H21FIN3O2S/c23-17-5-3-4-16(22(28)25-13-7-8-13)20(17)30-14-9-10-15-18(12-14)27(26-21(15)24)19-6-1-2-11-29-19/h3-5,9-10,12-13,19H,1-2,6-8,11H2,(H,25,28). The van der Waals surface area contributed by atoms with E-state index in [1.54, 1.807) is 12.1 Å². The Morgan fingerprint density at radius 2 is 2.10 bits per heavy atom. The summed E-state index contributed by atoms with van der Waals surface area (Å²) in [7, 11) is 0. The number of amides is 1. The van der Waals surface area contributed by atoms with Crippen molar-refractivity contribution in [2.45, 2.75) is 54.2 Å². The number of fused-ring (bicyclic) bond motifs is 1. The van der Waals surface area contributed by atoms with Gasteiger partial charge in [0.25, 0.3) is 5.91 Å². The maximum atomic E-state index is 14.7. The van der Waals surface area contributed by atoms with Crippen LogP contribution in [0.4, 0.5) is 4.39 Å². The molecule has 2 fully saturated rings. The van der Waals surface area contributed by atoms with Crippen molar-refractivity contribution in [2.24, 2.45) is 0 Å². The van der Waals surface area contributed by atoms with Gasteiger partial charge in [-0.15, -0.1) is 0 Å². The molecule has 0 spiro atoms. The first-order valence-electron chi connectivity index (χ1n) is 10.2. The van der Waals surface area contributed by atoms with E-state index in [1.165, 1.54) is 17.8 Å². The van der Waals surface area contributed by atoms with E-state index in [9.17, 15) is 9.18 Å². The van der Waals surface area contributed by atoms with Crippen LogP contribution < -0.4 is 5.32 Å². The third-order valence-corrected chi connectivity index (χ3v) is 7.31. The Hall–Kier alpha value is -1.65. The molecule has 0 bridgehead atoms. The highest BCUT2D eigenvalue weighted by Gasteiger charge is 2.26. The normalized spacial score (nSPS) is 19.2. The van der Waals surface area contributed by atoms with Crippen molar-refractivity contribution in [2.75, 3.05) is 6.61 Å². The number of carbonyl (C=O) groups is 1. The van der Waals surface area contributed by atoms with Gasteiger partial charge >= 0.3 is 0 Å². The molecule has 0 radical (unpaired) electrons. The monoisotopic (exact) mass is 537 g/mol. The Labute approximate surface area is 191 Å². The van der Waals surface area contributed by atoms with Gasteiger partial charge in [-0.25, -0.2) is 9.07 Å². The smallest absolute Gasteiger partial charge is 0.252 e. The van der Waals surface area contributed by atoms with Gasteiger partial charge in [0.15, 0.2) is 6.23 Å². The summed E-state index contributed by atoms with van der Waals surface area (Å²) in [5, 5.41) is 8.70. The molecule has 1 aliphatic carbocycles. The van der Waals surface area contributed by atoms with Crippen molar-refractivity contribution in [1.82, 2.24) is 15.1 Å². The average Bonchev–Trinajstić information content (AvgIpc) is 3.51. The maximum absolute atomic E-state index is 14.7. The van der Waals surface area contributed by atoms with Crippen molar-refractivity contribution in [3.8, 4) is 0 Å². The van der Waals surface area contributed by atoms with Crippen LogP contribution in [0.25, 0.3) is 10.9 Å². The average molecular weight is 537 g/mol. The van der Waals surface area contributed by atoms with Gasteiger partial charge in [-0.3, -0.25) is 4.79 Å². The van der Waals surface area contributed by atoms with Crippen molar-refractivity contribution in [3.05, 3.63) is 51.5 Å². The molecule has 1 N–H and O–H groups in total. The number of halogens is 2. The zero-order valence-electron chi connectivity index (χ0n) is 16.2. The molecule has 5 rings (SSSR count). The minimum Gasteiger partial charge on any atom is -0.356 e. The van der Waals surface area contributed by atoms with Gasteiger partial charge in [-0.1, -0.05) is 17.8 Å².